The Hall–Kier alpha value is -2.49. The zero-order valence-electron chi connectivity index (χ0n) is 17.1. The normalized spacial score (nSPS) is 26.3. The summed E-state index contributed by atoms with van der Waals surface area (Å²) in [6.45, 7) is 2.37. The first-order valence-electron chi connectivity index (χ1n) is 10.2. The quantitative estimate of drug-likeness (QED) is 0.474. The van der Waals surface area contributed by atoms with Crippen molar-refractivity contribution in [1.29, 1.82) is 0 Å². The Morgan fingerprint density at radius 3 is 2.45 bits per heavy atom. The molecule has 4 rings (SSSR count). The van der Waals surface area contributed by atoms with Crippen molar-refractivity contribution in [2.45, 2.75) is 44.0 Å². The molecule has 166 valence electrons. The molecule has 1 fully saturated rings. The molecule has 1 aliphatic heterocycles. The minimum Gasteiger partial charge on any atom is -0.494 e. The van der Waals surface area contributed by atoms with E-state index in [1.54, 1.807) is 18.3 Å². The number of aliphatic hydroxyl groups excluding tert-OH is 4. The fraction of sp³-hybridized carbons (Fsp3) is 0.391. The van der Waals surface area contributed by atoms with Gasteiger partial charge in [-0.2, -0.15) is 0 Å². The van der Waals surface area contributed by atoms with Crippen molar-refractivity contribution < 1.29 is 34.3 Å². The summed E-state index contributed by atoms with van der Waals surface area (Å²) >= 11 is 0. The fourth-order valence-corrected chi connectivity index (χ4v) is 4.10. The average molecular weight is 431 g/mol. The van der Waals surface area contributed by atoms with Crippen molar-refractivity contribution in [3.63, 3.8) is 0 Å². The van der Waals surface area contributed by atoms with Gasteiger partial charge in [0.1, 0.15) is 42.1 Å². The SMILES string of the molecule is CCOc1ccc(Cn2cc([C@@H]3O[C@H](CO)[C@@H](O)[C@H](O)[C@H]3O)c3c(F)cccc32)cc1. The first kappa shape index (κ1) is 21.7. The summed E-state index contributed by atoms with van der Waals surface area (Å²) in [4.78, 5) is 0. The van der Waals surface area contributed by atoms with E-state index in [1.165, 1.54) is 6.07 Å². The van der Waals surface area contributed by atoms with E-state index in [9.17, 15) is 24.8 Å². The predicted molar refractivity (Wildman–Crippen MR) is 111 cm³/mol. The molecule has 0 saturated carbocycles. The highest BCUT2D eigenvalue weighted by atomic mass is 19.1. The van der Waals surface area contributed by atoms with E-state index >= 15 is 0 Å². The topological polar surface area (TPSA) is 104 Å². The molecular formula is C23H26FNO6. The summed E-state index contributed by atoms with van der Waals surface area (Å²) in [5.41, 5.74) is 1.90. The number of hydrogen-bond donors (Lipinski definition) is 4. The van der Waals surface area contributed by atoms with Crippen molar-refractivity contribution in [3.05, 3.63) is 65.6 Å². The lowest BCUT2D eigenvalue weighted by Crippen LogP contribution is -2.55. The Labute approximate surface area is 178 Å². The van der Waals surface area contributed by atoms with Gasteiger partial charge in [0.25, 0.3) is 0 Å². The van der Waals surface area contributed by atoms with E-state index in [0.717, 1.165) is 11.3 Å². The highest BCUT2D eigenvalue weighted by molar-refractivity contribution is 5.85. The molecule has 1 aliphatic rings. The van der Waals surface area contributed by atoms with E-state index in [2.05, 4.69) is 0 Å². The van der Waals surface area contributed by atoms with Crippen molar-refractivity contribution in [1.82, 2.24) is 4.57 Å². The van der Waals surface area contributed by atoms with Gasteiger partial charge in [-0.1, -0.05) is 18.2 Å². The van der Waals surface area contributed by atoms with Crippen LogP contribution < -0.4 is 4.74 Å². The maximum absolute atomic E-state index is 14.8. The number of ether oxygens (including phenoxy) is 2. The molecule has 1 aromatic heterocycles. The second kappa shape index (κ2) is 8.94. The molecule has 31 heavy (non-hydrogen) atoms. The predicted octanol–water partition coefficient (Wildman–Crippen LogP) is 1.74. The summed E-state index contributed by atoms with van der Waals surface area (Å²) in [6, 6.07) is 12.3. The molecule has 2 heterocycles. The molecule has 1 saturated heterocycles. The molecule has 4 N–H and O–H groups in total. The maximum atomic E-state index is 14.8. The number of aliphatic hydroxyl groups is 4. The Morgan fingerprint density at radius 2 is 1.77 bits per heavy atom. The van der Waals surface area contributed by atoms with Crippen LogP contribution in [-0.4, -0.2) is 62.6 Å². The van der Waals surface area contributed by atoms with Gasteiger partial charge in [0.2, 0.25) is 0 Å². The molecule has 7 nitrogen and oxygen atoms in total. The van der Waals surface area contributed by atoms with Crippen LogP contribution in [0.25, 0.3) is 10.9 Å². The molecule has 0 spiro atoms. The third kappa shape index (κ3) is 4.05. The molecule has 2 aromatic carbocycles. The van der Waals surface area contributed by atoms with Gasteiger partial charge < -0.3 is 34.5 Å². The minimum absolute atomic E-state index is 0.262. The Bertz CT molecular complexity index is 1030. The van der Waals surface area contributed by atoms with E-state index in [0.29, 0.717) is 24.2 Å². The largest absolute Gasteiger partial charge is 0.494 e. The fourth-order valence-electron chi connectivity index (χ4n) is 4.10. The highest BCUT2D eigenvalue weighted by Gasteiger charge is 2.45. The number of benzene rings is 2. The molecule has 0 radical (unpaired) electrons. The zero-order chi connectivity index (χ0) is 22.1. The third-order valence-electron chi connectivity index (χ3n) is 5.67. The van der Waals surface area contributed by atoms with Crippen LogP contribution in [0.5, 0.6) is 5.75 Å². The lowest BCUT2D eigenvalue weighted by atomic mass is 9.91. The molecule has 3 aromatic rings. The molecular weight excluding hydrogens is 405 g/mol. The monoisotopic (exact) mass is 431 g/mol. The average Bonchev–Trinajstić information content (AvgIpc) is 3.13. The van der Waals surface area contributed by atoms with E-state index in [1.807, 2.05) is 35.8 Å². The van der Waals surface area contributed by atoms with Gasteiger partial charge in [-0.15, -0.1) is 0 Å². The lowest BCUT2D eigenvalue weighted by Gasteiger charge is -2.40. The minimum atomic E-state index is -1.54. The van der Waals surface area contributed by atoms with Gasteiger partial charge in [0, 0.05) is 23.7 Å². The number of hydrogen-bond acceptors (Lipinski definition) is 6. The summed E-state index contributed by atoms with van der Waals surface area (Å²) in [5.74, 6) is 0.270. The Balaban J connectivity index is 1.73. The van der Waals surface area contributed by atoms with Gasteiger partial charge in [0.15, 0.2) is 0 Å². The van der Waals surface area contributed by atoms with Crippen molar-refractivity contribution in [3.8, 4) is 5.75 Å². The van der Waals surface area contributed by atoms with Crippen LogP contribution in [0.1, 0.15) is 24.2 Å². The van der Waals surface area contributed by atoms with Crippen LogP contribution >= 0.6 is 0 Å². The van der Waals surface area contributed by atoms with Gasteiger partial charge in [-0.3, -0.25) is 0 Å². The van der Waals surface area contributed by atoms with Crippen LogP contribution in [-0.2, 0) is 11.3 Å². The number of halogens is 1. The molecule has 5 atom stereocenters. The molecule has 0 bridgehead atoms. The number of nitrogens with zero attached hydrogens (tertiary/aromatic N) is 1. The van der Waals surface area contributed by atoms with E-state index in [-0.39, 0.29) is 5.39 Å². The third-order valence-corrected chi connectivity index (χ3v) is 5.67. The van der Waals surface area contributed by atoms with Gasteiger partial charge in [0.05, 0.1) is 18.7 Å². The second-order valence-electron chi connectivity index (χ2n) is 7.67. The van der Waals surface area contributed by atoms with Crippen molar-refractivity contribution in [2.75, 3.05) is 13.2 Å². The van der Waals surface area contributed by atoms with Crippen LogP contribution in [0, 0.1) is 5.82 Å². The Kier molecular flexibility index (Phi) is 6.27. The van der Waals surface area contributed by atoms with Crippen molar-refractivity contribution in [2.24, 2.45) is 0 Å². The summed E-state index contributed by atoms with van der Waals surface area (Å²) in [6.07, 6.45) is -5.00. The van der Waals surface area contributed by atoms with Crippen LogP contribution in [0.3, 0.4) is 0 Å². The van der Waals surface area contributed by atoms with Crippen LogP contribution in [0.2, 0.25) is 0 Å². The van der Waals surface area contributed by atoms with Crippen LogP contribution in [0.4, 0.5) is 4.39 Å². The Morgan fingerprint density at radius 1 is 1.03 bits per heavy atom. The van der Waals surface area contributed by atoms with Gasteiger partial charge in [-0.05, 0) is 36.8 Å². The number of fused-ring (bicyclic) bond motifs is 1. The van der Waals surface area contributed by atoms with Crippen LogP contribution in [0.15, 0.2) is 48.7 Å². The first-order valence-corrected chi connectivity index (χ1v) is 10.2. The number of rotatable bonds is 6. The van der Waals surface area contributed by atoms with E-state index < -0.39 is 42.9 Å². The lowest BCUT2D eigenvalue weighted by molar-refractivity contribution is -0.231. The standard InChI is InChI=1S/C23H26FNO6/c1-2-30-14-8-6-13(7-9-14)10-25-11-15(19-16(24)4-3-5-17(19)25)23-22(29)21(28)20(27)18(12-26)31-23/h3-9,11,18,20-23,26-29H,2,10,12H2,1H3/t18-,20-,21+,22-,23+/m1/s1. The highest BCUT2D eigenvalue weighted by Crippen LogP contribution is 2.38. The van der Waals surface area contributed by atoms with Gasteiger partial charge in [-0.25, -0.2) is 4.39 Å². The van der Waals surface area contributed by atoms with Crippen molar-refractivity contribution >= 4 is 10.9 Å². The molecule has 0 unspecified atom stereocenters. The smallest absolute Gasteiger partial charge is 0.132 e. The summed E-state index contributed by atoms with van der Waals surface area (Å²) < 4.78 is 27.8. The maximum Gasteiger partial charge on any atom is 0.132 e. The second-order valence-corrected chi connectivity index (χ2v) is 7.67. The van der Waals surface area contributed by atoms with E-state index in [4.69, 9.17) is 9.47 Å². The molecule has 8 heteroatoms. The molecule has 0 aliphatic carbocycles. The summed E-state index contributed by atoms with van der Waals surface area (Å²) in [5, 5.41) is 40.5. The summed E-state index contributed by atoms with van der Waals surface area (Å²) in [7, 11) is 0. The number of aromatic nitrogens is 1. The first-order chi connectivity index (χ1) is 14.9. The molecule has 0 amide bonds. The van der Waals surface area contributed by atoms with Gasteiger partial charge >= 0.3 is 0 Å². The zero-order valence-corrected chi connectivity index (χ0v) is 17.1.